The molecular formula is C24H23ClN2O3. The molecule has 0 aliphatic carbocycles. The van der Waals surface area contributed by atoms with Gasteiger partial charge in [0.1, 0.15) is 11.5 Å². The Bertz CT molecular complexity index is 1070. The number of para-hydroxylation sites is 2. The molecule has 154 valence electrons. The molecule has 0 saturated heterocycles. The van der Waals surface area contributed by atoms with Crippen LogP contribution in [0.4, 0.5) is 5.69 Å². The number of hydrogen-bond donors (Lipinski definition) is 1. The van der Waals surface area contributed by atoms with E-state index in [-0.39, 0.29) is 5.91 Å². The fourth-order valence-electron chi connectivity index (χ4n) is 3.54. The smallest absolute Gasteiger partial charge is 0.332 e. The van der Waals surface area contributed by atoms with Crippen LogP contribution >= 0.6 is 11.6 Å². The Hall–Kier alpha value is -3.02. The molecule has 0 aromatic heterocycles. The number of amides is 1. The molecule has 1 unspecified atom stereocenters. The summed E-state index contributed by atoms with van der Waals surface area (Å²) < 4.78 is 12.4. The first-order valence-electron chi connectivity index (χ1n) is 9.88. The molecule has 4 rings (SSSR count). The van der Waals surface area contributed by atoms with Crippen LogP contribution in [-0.4, -0.2) is 11.7 Å². The monoisotopic (exact) mass is 422 g/mol. The summed E-state index contributed by atoms with van der Waals surface area (Å²) in [5.41, 5.74) is 8.20. The topological polar surface area (TPSA) is 64.8 Å². The number of anilines is 1. The van der Waals surface area contributed by atoms with Crippen molar-refractivity contribution in [3.05, 3.63) is 88.9 Å². The number of halogens is 1. The van der Waals surface area contributed by atoms with Crippen molar-refractivity contribution in [2.45, 2.75) is 32.2 Å². The van der Waals surface area contributed by atoms with Crippen molar-refractivity contribution in [2.75, 3.05) is 4.90 Å². The summed E-state index contributed by atoms with van der Waals surface area (Å²) in [6.07, 6.45) is 0.325. The molecule has 2 N–H and O–H groups in total. The average Bonchev–Trinajstić information content (AvgIpc) is 2.78. The molecule has 0 bridgehead atoms. The third kappa shape index (κ3) is 3.74. The summed E-state index contributed by atoms with van der Waals surface area (Å²) >= 11 is 6.37. The lowest BCUT2D eigenvalue weighted by Gasteiger charge is -2.41. The Balaban J connectivity index is 1.75. The Morgan fingerprint density at radius 3 is 2.60 bits per heavy atom. The maximum Gasteiger partial charge on any atom is 0.332 e. The van der Waals surface area contributed by atoms with Gasteiger partial charge in [-0.25, -0.2) is 0 Å². The highest BCUT2D eigenvalue weighted by molar-refractivity contribution is 6.31. The van der Waals surface area contributed by atoms with E-state index in [2.05, 4.69) is 0 Å². The predicted molar refractivity (Wildman–Crippen MR) is 118 cm³/mol. The van der Waals surface area contributed by atoms with E-state index < -0.39 is 5.79 Å². The van der Waals surface area contributed by atoms with Gasteiger partial charge in [0.2, 0.25) is 0 Å². The van der Waals surface area contributed by atoms with Crippen LogP contribution in [0.2, 0.25) is 5.02 Å². The lowest BCUT2D eigenvalue weighted by Crippen LogP contribution is -2.59. The standard InChI is InChI=1S/C24H23ClN2O3/c1-2-24(29-19-10-7-8-17(14-19)15-26)23(28)27(16-18-9-3-4-11-20(18)25)21-12-5-6-13-22(21)30-24/h3-14H,2,15-16,26H2,1H3. The lowest BCUT2D eigenvalue weighted by atomic mass is 10.1. The quantitative estimate of drug-likeness (QED) is 0.613. The molecule has 1 amide bonds. The van der Waals surface area contributed by atoms with Crippen LogP contribution in [0.25, 0.3) is 0 Å². The van der Waals surface area contributed by atoms with Crippen molar-refractivity contribution in [2.24, 2.45) is 5.73 Å². The predicted octanol–water partition coefficient (Wildman–Crippen LogP) is 4.91. The van der Waals surface area contributed by atoms with Gasteiger partial charge in [-0.1, -0.05) is 61.0 Å². The van der Waals surface area contributed by atoms with Gasteiger partial charge in [0, 0.05) is 18.0 Å². The summed E-state index contributed by atoms with van der Waals surface area (Å²) in [4.78, 5) is 15.4. The van der Waals surface area contributed by atoms with Gasteiger partial charge >= 0.3 is 11.7 Å². The second kappa shape index (κ2) is 8.38. The zero-order chi connectivity index (χ0) is 21.1. The molecule has 3 aromatic carbocycles. The van der Waals surface area contributed by atoms with Crippen LogP contribution in [0.1, 0.15) is 24.5 Å². The van der Waals surface area contributed by atoms with Crippen molar-refractivity contribution in [3.8, 4) is 11.5 Å². The fraction of sp³-hybridized carbons (Fsp3) is 0.208. The highest BCUT2D eigenvalue weighted by Gasteiger charge is 2.50. The van der Waals surface area contributed by atoms with Gasteiger partial charge in [-0.15, -0.1) is 0 Å². The molecule has 5 nitrogen and oxygen atoms in total. The first kappa shape index (κ1) is 20.3. The van der Waals surface area contributed by atoms with Crippen LogP contribution < -0.4 is 20.1 Å². The Morgan fingerprint density at radius 1 is 1.07 bits per heavy atom. The van der Waals surface area contributed by atoms with E-state index in [0.29, 0.717) is 41.7 Å². The SMILES string of the molecule is CCC1(Oc2cccc(CN)c2)Oc2ccccc2N(Cc2ccccc2Cl)C1=O. The molecule has 0 radical (unpaired) electrons. The highest BCUT2D eigenvalue weighted by atomic mass is 35.5. The van der Waals surface area contributed by atoms with Crippen molar-refractivity contribution in [1.82, 2.24) is 0 Å². The molecule has 6 heteroatoms. The van der Waals surface area contributed by atoms with Gasteiger partial charge in [-0.2, -0.15) is 0 Å². The highest BCUT2D eigenvalue weighted by Crippen LogP contribution is 2.41. The number of rotatable bonds is 6. The summed E-state index contributed by atoms with van der Waals surface area (Å²) in [7, 11) is 0. The van der Waals surface area contributed by atoms with Crippen LogP contribution in [0.15, 0.2) is 72.8 Å². The van der Waals surface area contributed by atoms with E-state index >= 15 is 0 Å². The van der Waals surface area contributed by atoms with E-state index in [1.165, 1.54) is 0 Å². The fourth-order valence-corrected chi connectivity index (χ4v) is 3.74. The molecule has 30 heavy (non-hydrogen) atoms. The summed E-state index contributed by atoms with van der Waals surface area (Å²) in [5.74, 6) is -0.643. The minimum absolute atomic E-state index is 0.276. The maximum absolute atomic E-state index is 13.7. The number of benzene rings is 3. The zero-order valence-electron chi connectivity index (χ0n) is 16.7. The van der Waals surface area contributed by atoms with Crippen molar-refractivity contribution in [3.63, 3.8) is 0 Å². The van der Waals surface area contributed by atoms with Crippen LogP contribution in [0, 0.1) is 0 Å². The summed E-state index contributed by atoms with van der Waals surface area (Å²) in [6.45, 7) is 2.56. The minimum Gasteiger partial charge on any atom is -0.444 e. The number of carbonyl (C=O) groups is 1. The number of hydrogen-bond acceptors (Lipinski definition) is 4. The second-order valence-electron chi connectivity index (χ2n) is 7.11. The molecule has 1 aliphatic rings. The first-order valence-corrected chi connectivity index (χ1v) is 10.3. The molecule has 3 aromatic rings. The molecule has 1 heterocycles. The average molecular weight is 423 g/mol. The van der Waals surface area contributed by atoms with Gasteiger partial charge < -0.3 is 15.2 Å². The summed E-state index contributed by atoms with van der Waals surface area (Å²) in [5, 5.41) is 0.605. The van der Waals surface area contributed by atoms with Crippen molar-refractivity contribution in [1.29, 1.82) is 0 Å². The molecule has 0 spiro atoms. The molecule has 1 aliphatic heterocycles. The molecule has 1 atom stereocenters. The number of ether oxygens (including phenoxy) is 2. The van der Waals surface area contributed by atoms with E-state index in [1.54, 1.807) is 11.0 Å². The van der Waals surface area contributed by atoms with E-state index in [9.17, 15) is 4.79 Å². The van der Waals surface area contributed by atoms with Gasteiger partial charge in [0.15, 0.2) is 0 Å². The van der Waals surface area contributed by atoms with Gasteiger partial charge in [0.05, 0.1) is 12.2 Å². The number of nitrogens with two attached hydrogens (primary N) is 1. The van der Waals surface area contributed by atoms with E-state index in [1.807, 2.05) is 73.7 Å². The summed E-state index contributed by atoms with van der Waals surface area (Å²) in [6, 6.07) is 22.3. The number of carbonyl (C=O) groups excluding carboxylic acids is 1. The number of nitrogens with zero attached hydrogens (tertiary/aromatic N) is 1. The van der Waals surface area contributed by atoms with Gasteiger partial charge in [0.25, 0.3) is 0 Å². The van der Waals surface area contributed by atoms with E-state index in [0.717, 1.165) is 11.1 Å². The van der Waals surface area contributed by atoms with Crippen LogP contribution in [-0.2, 0) is 17.9 Å². The Labute approximate surface area is 181 Å². The van der Waals surface area contributed by atoms with Gasteiger partial charge in [-0.05, 0) is 41.5 Å². The van der Waals surface area contributed by atoms with Crippen molar-refractivity contribution < 1.29 is 14.3 Å². The maximum atomic E-state index is 13.7. The largest absolute Gasteiger partial charge is 0.444 e. The normalized spacial score (nSPS) is 18.0. The number of fused-ring (bicyclic) bond motifs is 1. The molecule has 0 saturated carbocycles. The zero-order valence-corrected chi connectivity index (χ0v) is 17.4. The second-order valence-corrected chi connectivity index (χ2v) is 7.52. The Kier molecular flexibility index (Phi) is 5.66. The van der Waals surface area contributed by atoms with Gasteiger partial charge in [-0.3, -0.25) is 9.69 Å². The Morgan fingerprint density at radius 2 is 1.83 bits per heavy atom. The van der Waals surface area contributed by atoms with Crippen molar-refractivity contribution >= 4 is 23.2 Å². The van der Waals surface area contributed by atoms with Crippen LogP contribution in [0.3, 0.4) is 0 Å². The molecule has 0 fully saturated rings. The van der Waals surface area contributed by atoms with E-state index in [4.69, 9.17) is 26.8 Å². The third-order valence-corrected chi connectivity index (χ3v) is 5.54. The molecular weight excluding hydrogens is 400 g/mol. The minimum atomic E-state index is -1.48. The lowest BCUT2D eigenvalue weighted by molar-refractivity contribution is -0.167. The van der Waals surface area contributed by atoms with Crippen LogP contribution in [0.5, 0.6) is 11.5 Å². The third-order valence-electron chi connectivity index (χ3n) is 5.17. The first-order chi connectivity index (χ1) is 14.6.